The van der Waals surface area contributed by atoms with Crippen LogP contribution in [-0.4, -0.2) is 12.2 Å². The Kier molecular flexibility index (Phi) is 5.19. The summed E-state index contributed by atoms with van der Waals surface area (Å²) < 4.78 is 39.0. The monoisotopic (exact) mass is 208 g/mol. The number of nitrogens with zero attached hydrogens (tertiary/aromatic N) is 1. The smallest absolute Gasteiger partial charge is 0.418 e. The van der Waals surface area contributed by atoms with E-state index in [1.807, 2.05) is 12.3 Å². The van der Waals surface area contributed by atoms with Crippen LogP contribution in [0.3, 0.4) is 0 Å². The van der Waals surface area contributed by atoms with Gasteiger partial charge in [0.25, 0.3) is 0 Å². The predicted molar refractivity (Wildman–Crippen MR) is 48.5 cm³/mol. The first kappa shape index (κ1) is 12.9. The van der Waals surface area contributed by atoms with Gasteiger partial charge in [0.15, 0.2) is 0 Å². The summed E-state index contributed by atoms with van der Waals surface area (Å²) in [7, 11) is -6.00. The van der Waals surface area contributed by atoms with Gasteiger partial charge < -0.3 is 17.3 Å². The van der Waals surface area contributed by atoms with E-state index in [-0.39, 0.29) is 0 Å². The molecule has 0 N–H and O–H groups in total. The molecule has 0 aromatic carbocycles. The third-order valence-electron chi connectivity index (χ3n) is 1.45. The Labute approximate surface area is 80.3 Å². The van der Waals surface area contributed by atoms with E-state index in [2.05, 4.69) is 24.9 Å². The minimum absolute atomic E-state index is 1.03. The number of aromatic nitrogens is 1. The van der Waals surface area contributed by atoms with E-state index in [0.29, 0.717) is 0 Å². The molecule has 14 heavy (non-hydrogen) atoms. The molecule has 0 unspecified atom stereocenters. The molecule has 0 aliphatic heterocycles. The maximum atomic E-state index is 9.75. The number of hydrogen-bond acceptors (Lipinski definition) is 1. The van der Waals surface area contributed by atoms with Crippen LogP contribution in [0.4, 0.5) is 17.3 Å². The quantitative estimate of drug-likeness (QED) is 0.509. The van der Waals surface area contributed by atoms with Crippen LogP contribution in [0.15, 0.2) is 18.3 Å². The Hall–Kier alpha value is -1.07. The first-order chi connectivity index (χ1) is 6.34. The van der Waals surface area contributed by atoms with Gasteiger partial charge >= 0.3 is 7.25 Å². The standard InChI is InChI=1S/C8H11N.BF4/c1-3-8-7(2)5-4-6-9-8;2-1(3,4)5/h4-6H,3H2,1-2H3;/q;-1. The molecule has 80 valence electrons. The summed E-state index contributed by atoms with van der Waals surface area (Å²) in [6.07, 6.45) is 2.87. The topological polar surface area (TPSA) is 12.9 Å². The fourth-order valence-electron chi connectivity index (χ4n) is 0.889. The molecule has 0 bridgehead atoms. The Morgan fingerprint density at radius 3 is 2.07 bits per heavy atom. The highest BCUT2D eigenvalue weighted by Gasteiger charge is 2.20. The lowest BCUT2D eigenvalue weighted by molar-refractivity contribution is 0.368. The fraction of sp³-hybridized carbons (Fsp3) is 0.375. The zero-order chi connectivity index (χ0) is 11.2. The Morgan fingerprint density at radius 2 is 1.79 bits per heavy atom. The van der Waals surface area contributed by atoms with Crippen LogP contribution in [0, 0.1) is 6.92 Å². The molecule has 0 aliphatic rings. The SMILES string of the molecule is CCc1ncccc1C.F[B-](F)(F)F. The van der Waals surface area contributed by atoms with E-state index in [4.69, 9.17) is 0 Å². The molecule has 1 nitrogen and oxygen atoms in total. The largest absolute Gasteiger partial charge is 0.673 e. The molecule has 0 saturated carbocycles. The summed E-state index contributed by atoms with van der Waals surface area (Å²) in [5.41, 5.74) is 2.50. The van der Waals surface area contributed by atoms with Crippen LogP contribution in [0.25, 0.3) is 0 Å². The van der Waals surface area contributed by atoms with Gasteiger partial charge in [-0.15, -0.1) is 0 Å². The van der Waals surface area contributed by atoms with Crippen molar-refractivity contribution in [3.63, 3.8) is 0 Å². The zero-order valence-corrected chi connectivity index (χ0v) is 7.98. The van der Waals surface area contributed by atoms with E-state index >= 15 is 0 Å². The van der Waals surface area contributed by atoms with Crippen molar-refractivity contribution in [1.29, 1.82) is 0 Å². The first-order valence-electron chi connectivity index (χ1n) is 4.12. The van der Waals surface area contributed by atoms with E-state index in [1.165, 1.54) is 11.3 Å². The second-order valence-corrected chi connectivity index (χ2v) is 2.62. The molecule has 6 heteroatoms. The average molecular weight is 208 g/mol. The summed E-state index contributed by atoms with van der Waals surface area (Å²) in [4.78, 5) is 4.20. The summed E-state index contributed by atoms with van der Waals surface area (Å²) in [6.45, 7) is 4.21. The molecule has 0 saturated heterocycles. The van der Waals surface area contributed by atoms with Crippen LogP contribution in [-0.2, 0) is 6.42 Å². The predicted octanol–water partition coefficient (Wildman–Crippen LogP) is 3.25. The highest BCUT2D eigenvalue weighted by Crippen LogP contribution is 2.06. The van der Waals surface area contributed by atoms with Crippen LogP contribution in [0.5, 0.6) is 0 Å². The van der Waals surface area contributed by atoms with Gasteiger partial charge in [0.1, 0.15) is 0 Å². The molecular formula is C8H11BF4N-. The highest BCUT2D eigenvalue weighted by atomic mass is 19.5. The van der Waals surface area contributed by atoms with Crippen LogP contribution in [0.1, 0.15) is 18.2 Å². The number of aryl methyl sites for hydroxylation is 2. The van der Waals surface area contributed by atoms with Crippen molar-refractivity contribution in [2.24, 2.45) is 0 Å². The third-order valence-corrected chi connectivity index (χ3v) is 1.45. The lowest BCUT2D eigenvalue weighted by Gasteiger charge is -1.97. The van der Waals surface area contributed by atoms with Crippen LogP contribution >= 0.6 is 0 Å². The van der Waals surface area contributed by atoms with Crippen molar-refractivity contribution < 1.29 is 17.3 Å². The molecule has 1 heterocycles. The number of hydrogen-bond donors (Lipinski definition) is 0. The molecule has 1 aromatic rings. The summed E-state index contributed by atoms with van der Waals surface area (Å²) >= 11 is 0. The van der Waals surface area contributed by atoms with Gasteiger partial charge in [-0.2, -0.15) is 0 Å². The van der Waals surface area contributed by atoms with Gasteiger partial charge in [-0.05, 0) is 25.0 Å². The van der Waals surface area contributed by atoms with E-state index in [9.17, 15) is 17.3 Å². The molecule has 0 aliphatic carbocycles. The maximum Gasteiger partial charge on any atom is 0.673 e. The Bertz CT molecular complexity index is 268. The average Bonchev–Trinajstić information content (AvgIpc) is 2.02. The van der Waals surface area contributed by atoms with Crippen molar-refractivity contribution in [3.05, 3.63) is 29.6 Å². The second kappa shape index (κ2) is 5.62. The number of rotatable bonds is 1. The van der Waals surface area contributed by atoms with Gasteiger partial charge in [0.2, 0.25) is 0 Å². The summed E-state index contributed by atoms with van der Waals surface area (Å²) in [6, 6.07) is 4.06. The normalized spacial score (nSPS) is 10.4. The molecule has 0 atom stereocenters. The summed E-state index contributed by atoms with van der Waals surface area (Å²) in [5.74, 6) is 0. The van der Waals surface area contributed by atoms with Gasteiger partial charge in [-0.1, -0.05) is 13.0 Å². The van der Waals surface area contributed by atoms with Gasteiger partial charge in [-0.3, -0.25) is 4.98 Å². The fourth-order valence-corrected chi connectivity index (χ4v) is 0.889. The Balaban J connectivity index is 0.000000292. The molecular weight excluding hydrogens is 197 g/mol. The van der Waals surface area contributed by atoms with Crippen molar-refractivity contribution in [2.75, 3.05) is 0 Å². The maximum absolute atomic E-state index is 9.75. The van der Waals surface area contributed by atoms with Gasteiger partial charge in [0.05, 0.1) is 0 Å². The number of halogens is 4. The molecule has 0 fully saturated rings. The first-order valence-corrected chi connectivity index (χ1v) is 4.12. The molecule has 0 spiro atoms. The van der Waals surface area contributed by atoms with Crippen molar-refractivity contribution in [2.45, 2.75) is 20.3 Å². The van der Waals surface area contributed by atoms with Gasteiger partial charge in [0, 0.05) is 11.9 Å². The van der Waals surface area contributed by atoms with Crippen LogP contribution in [0.2, 0.25) is 0 Å². The van der Waals surface area contributed by atoms with E-state index in [1.54, 1.807) is 0 Å². The third kappa shape index (κ3) is 7.58. The van der Waals surface area contributed by atoms with Gasteiger partial charge in [-0.25, -0.2) is 0 Å². The lowest BCUT2D eigenvalue weighted by Crippen LogP contribution is -2.02. The molecule has 0 radical (unpaired) electrons. The lowest BCUT2D eigenvalue weighted by atomic mass is 10.2. The molecule has 0 amide bonds. The summed E-state index contributed by atoms with van der Waals surface area (Å²) in [5, 5.41) is 0. The van der Waals surface area contributed by atoms with Crippen molar-refractivity contribution in [1.82, 2.24) is 4.98 Å². The van der Waals surface area contributed by atoms with Crippen molar-refractivity contribution >= 4 is 7.25 Å². The molecule has 1 rings (SSSR count). The Morgan fingerprint density at radius 1 is 1.29 bits per heavy atom. The highest BCUT2D eigenvalue weighted by molar-refractivity contribution is 6.50. The van der Waals surface area contributed by atoms with Crippen molar-refractivity contribution in [3.8, 4) is 0 Å². The van der Waals surface area contributed by atoms with E-state index < -0.39 is 7.25 Å². The van der Waals surface area contributed by atoms with Crippen LogP contribution < -0.4 is 0 Å². The minimum Gasteiger partial charge on any atom is -0.418 e. The molecule has 1 aromatic heterocycles. The second-order valence-electron chi connectivity index (χ2n) is 2.62. The minimum atomic E-state index is -6.00. The van der Waals surface area contributed by atoms with E-state index in [0.717, 1.165) is 6.42 Å². The number of pyridine rings is 1. The zero-order valence-electron chi connectivity index (χ0n) is 7.98.